The third-order valence-electron chi connectivity index (χ3n) is 11.2. The number of ether oxygens (including phenoxy) is 2. The van der Waals surface area contributed by atoms with Crippen LogP contribution in [0.15, 0.2) is 48.7 Å². The highest BCUT2D eigenvalue weighted by Gasteiger charge is 2.41. The van der Waals surface area contributed by atoms with E-state index in [4.69, 9.17) is 9.72 Å². The molecule has 286 valence electrons. The number of hydrogen-bond acceptors (Lipinski definition) is 10. The molecule has 5 heterocycles. The van der Waals surface area contributed by atoms with Crippen molar-refractivity contribution in [1.29, 1.82) is 0 Å². The highest BCUT2D eigenvalue weighted by atomic mass is 16.5. The number of nitrogens with zero attached hydrogens (tertiary/aromatic N) is 6. The minimum Gasteiger partial charge on any atom is -0.453 e. The Morgan fingerprint density at radius 1 is 0.764 bits per heavy atom. The molecule has 2 aliphatic heterocycles. The summed E-state index contributed by atoms with van der Waals surface area (Å²) in [5.41, 5.74) is 5.60. The monoisotopic (exact) mass is 748 g/mol. The highest BCUT2D eigenvalue weighted by molar-refractivity contribution is 5.89. The van der Waals surface area contributed by atoms with E-state index >= 15 is 0 Å². The van der Waals surface area contributed by atoms with Crippen molar-refractivity contribution in [3.05, 3.63) is 60.3 Å². The molecule has 1 aliphatic carbocycles. The molecule has 0 bridgehead atoms. The Bertz CT molecular complexity index is 2270. The first-order valence-corrected chi connectivity index (χ1v) is 18.8. The number of benzene rings is 2. The summed E-state index contributed by atoms with van der Waals surface area (Å²) in [6, 6.07) is 12.1. The Hall–Kier alpha value is -6.06. The summed E-state index contributed by atoms with van der Waals surface area (Å²) in [5.74, 6) is 1.24. The first-order valence-electron chi connectivity index (χ1n) is 18.8. The van der Waals surface area contributed by atoms with E-state index in [1.165, 1.54) is 14.2 Å². The standard InChI is InChI=1S/C39H44N10O6/c1-21(41-38(52)54-2)36(50)48-15-5-9-31(48)34-40-20-30(44-34)25-12-11-23-17-27(46-47-28(23)18-25)24-13-14-26-29(19-24)43-35(42-26)32-10-6-16-49(32)37(51)33(22-7-4-8-22)45-39(53)55-3/h11-14,17-22,31-33H,4-10,15-16H2,1-3H3,(H,40,44)(H,41,52)(H,42,43)(H,45,53)/t21-,31-,32-,33-/m0/s1. The number of likely N-dealkylation sites (tertiary alicyclic amines) is 2. The normalized spacial score (nSPS) is 19.6. The van der Waals surface area contributed by atoms with Crippen LogP contribution in [-0.4, -0.2) is 103 Å². The zero-order chi connectivity index (χ0) is 38.2. The van der Waals surface area contributed by atoms with Crippen molar-refractivity contribution in [3.8, 4) is 22.5 Å². The van der Waals surface area contributed by atoms with Crippen LogP contribution in [0.2, 0.25) is 0 Å². The van der Waals surface area contributed by atoms with E-state index in [9.17, 15) is 19.2 Å². The van der Waals surface area contributed by atoms with E-state index in [0.717, 1.165) is 89.5 Å². The molecule has 4 amide bonds. The number of hydrogen-bond donors (Lipinski definition) is 4. The van der Waals surface area contributed by atoms with E-state index in [1.807, 2.05) is 47.4 Å². The molecular formula is C39H44N10O6. The minimum absolute atomic E-state index is 0.0882. The number of amides is 4. The molecular weight excluding hydrogens is 704 g/mol. The molecule has 16 nitrogen and oxygen atoms in total. The molecule has 2 aromatic carbocycles. The second-order valence-corrected chi connectivity index (χ2v) is 14.6. The maximum Gasteiger partial charge on any atom is 0.407 e. The topological polar surface area (TPSA) is 200 Å². The minimum atomic E-state index is -0.723. The van der Waals surface area contributed by atoms with Gasteiger partial charge in [0.2, 0.25) is 11.8 Å². The molecule has 4 N–H and O–H groups in total. The molecule has 5 aromatic rings. The van der Waals surface area contributed by atoms with Crippen LogP contribution >= 0.6 is 0 Å². The number of aromatic nitrogens is 6. The Morgan fingerprint density at radius 2 is 1.47 bits per heavy atom. The lowest BCUT2D eigenvalue weighted by molar-refractivity contribution is -0.136. The number of carbonyl (C=O) groups is 4. The summed E-state index contributed by atoms with van der Waals surface area (Å²) in [4.78, 5) is 70.7. The van der Waals surface area contributed by atoms with Crippen LogP contribution in [-0.2, 0) is 19.1 Å². The van der Waals surface area contributed by atoms with Crippen LogP contribution in [0.4, 0.5) is 9.59 Å². The first kappa shape index (κ1) is 35.9. The van der Waals surface area contributed by atoms with Gasteiger partial charge in [-0.05, 0) is 75.6 Å². The van der Waals surface area contributed by atoms with Crippen molar-refractivity contribution in [2.45, 2.75) is 76.0 Å². The van der Waals surface area contributed by atoms with Crippen molar-refractivity contribution in [3.63, 3.8) is 0 Å². The summed E-state index contributed by atoms with van der Waals surface area (Å²) in [6.07, 6.45) is 6.59. The molecule has 55 heavy (non-hydrogen) atoms. The number of imidazole rings is 2. The van der Waals surface area contributed by atoms with Crippen molar-refractivity contribution < 1.29 is 28.7 Å². The average molecular weight is 749 g/mol. The lowest BCUT2D eigenvalue weighted by Gasteiger charge is -2.36. The number of nitrogens with one attached hydrogen (secondary N) is 4. The van der Waals surface area contributed by atoms with Crippen molar-refractivity contribution in [2.75, 3.05) is 27.3 Å². The van der Waals surface area contributed by atoms with Crippen LogP contribution in [0, 0.1) is 5.92 Å². The van der Waals surface area contributed by atoms with Gasteiger partial charge in [-0.3, -0.25) is 9.59 Å². The predicted molar refractivity (Wildman–Crippen MR) is 201 cm³/mol. The van der Waals surface area contributed by atoms with Gasteiger partial charge in [-0.2, -0.15) is 0 Å². The molecule has 3 fully saturated rings. The molecule has 8 rings (SSSR count). The van der Waals surface area contributed by atoms with Crippen molar-refractivity contribution in [2.24, 2.45) is 5.92 Å². The number of methoxy groups -OCH3 is 2. The third kappa shape index (κ3) is 7.03. The molecule has 0 unspecified atom stereocenters. The van der Waals surface area contributed by atoms with Crippen LogP contribution in [0.3, 0.4) is 0 Å². The summed E-state index contributed by atoms with van der Waals surface area (Å²) in [5, 5.41) is 15.4. The number of carbonyl (C=O) groups excluding carboxylic acids is 4. The second kappa shape index (κ2) is 15.0. The van der Waals surface area contributed by atoms with Gasteiger partial charge in [0.1, 0.15) is 23.7 Å². The maximum absolute atomic E-state index is 13.8. The van der Waals surface area contributed by atoms with Gasteiger partial charge in [-0.25, -0.2) is 19.6 Å². The smallest absolute Gasteiger partial charge is 0.407 e. The number of H-pyrrole nitrogens is 2. The van der Waals surface area contributed by atoms with Gasteiger partial charge in [0, 0.05) is 29.6 Å². The van der Waals surface area contributed by atoms with Gasteiger partial charge in [0.25, 0.3) is 0 Å². The van der Waals surface area contributed by atoms with E-state index in [-0.39, 0.29) is 29.8 Å². The fourth-order valence-electron chi connectivity index (χ4n) is 8.04. The molecule has 4 atom stereocenters. The van der Waals surface area contributed by atoms with Crippen molar-refractivity contribution >= 4 is 45.9 Å². The molecule has 3 aromatic heterocycles. The number of alkyl carbamates (subject to hydrolysis) is 2. The predicted octanol–water partition coefficient (Wildman–Crippen LogP) is 5.16. The summed E-state index contributed by atoms with van der Waals surface area (Å²) in [7, 11) is 2.58. The van der Waals surface area contributed by atoms with Gasteiger partial charge in [0.15, 0.2) is 0 Å². The van der Waals surface area contributed by atoms with E-state index in [2.05, 4.69) is 40.5 Å². The van der Waals surface area contributed by atoms with Crippen LogP contribution in [0.25, 0.3) is 44.5 Å². The Balaban J connectivity index is 0.978. The molecule has 3 aliphatic rings. The van der Waals surface area contributed by atoms with E-state index < -0.39 is 24.3 Å². The largest absolute Gasteiger partial charge is 0.453 e. The molecule has 16 heteroatoms. The van der Waals surface area contributed by atoms with E-state index in [1.54, 1.807) is 18.0 Å². The van der Waals surface area contributed by atoms with Gasteiger partial charge in [0.05, 0.1) is 60.4 Å². The van der Waals surface area contributed by atoms with Crippen LogP contribution in [0.5, 0.6) is 0 Å². The molecule has 2 saturated heterocycles. The fourth-order valence-corrected chi connectivity index (χ4v) is 8.04. The van der Waals surface area contributed by atoms with Crippen molar-refractivity contribution in [1.82, 2.24) is 50.6 Å². The first-order chi connectivity index (χ1) is 26.7. The van der Waals surface area contributed by atoms with E-state index in [0.29, 0.717) is 24.6 Å². The maximum atomic E-state index is 13.8. The lowest BCUT2D eigenvalue weighted by atomic mass is 9.79. The van der Waals surface area contributed by atoms with Crippen LogP contribution < -0.4 is 10.6 Å². The van der Waals surface area contributed by atoms with Gasteiger partial charge >= 0.3 is 12.2 Å². The number of fused-ring (bicyclic) bond motifs is 2. The highest BCUT2D eigenvalue weighted by Crippen LogP contribution is 2.37. The number of rotatable bonds is 9. The summed E-state index contributed by atoms with van der Waals surface area (Å²) >= 11 is 0. The Morgan fingerprint density at radius 3 is 2.20 bits per heavy atom. The summed E-state index contributed by atoms with van der Waals surface area (Å²) < 4.78 is 9.48. The quantitative estimate of drug-likeness (QED) is 0.156. The number of aromatic amines is 2. The Kier molecular flexibility index (Phi) is 9.80. The zero-order valence-corrected chi connectivity index (χ0v) is 31.0. The van der Waals surface area contributed by atoms with Gasteiger partial charge < -0.3 is 39.9 Å². The zero-order valence-electron chi connectivity index (χ0n) is 31.0. The van der Waals surface area contributed by atoms with Gasteiger partial charge in [-0.1, -0.05) is 24.6 Å². The third-order valence-corrected chi connectivity index (χ3v) is 11.2. The Labute approximate surface area is 316 Å². The second-order valence-electron chi connectivity index (χ2n) is 14.6. The summed E-state index contributed by atoms with van der Waals surface area (Å²) in [6.45, 7) is 2.82. The lowest BCUT2D eigenvalue weighted by Crippen LogP contribution is -2.53. The molecule has 1 saturated carbocycles. The van der Waals surface area contributed by atoms with Crippen LogP contribution in [0.1, 0.15) is 75.6 Å². The SMILES string of the molecule is COC(=O)N[C@@H](C)C(=O)N1CCC[C@H]1c1ncc(-c2ccc3cc(-c4ccc5nc([C@@H]6CCCN6C(=O)[C@@H](NC(=O)OC)C6CCC6)[nH]c5c4)nnc3c2)[nH]1. The molecule has 0 radical (unpaired) electrons. The average Bonchev–Trinajstić information content (AvgIpc) is 4.01. The molecule has 0 spiro atoms. The van der Waals surface area contributed by atoms with Gasteiger partial charge in [-0.15, -0.1) is 10.2 Å². The fraction of sp³-hybridized carbons (Fsp3) is 0.436.